The average Bonchev–Trinajstić information content (AvgIpc) is 2.16. The molecule has 0 saturated heterocycles. The van der Waals surface area contributed by atoms with Crippen molar-refractivity contribution in [3.05, 3.63) is 48.0 Å². The fourth-order valence-electron chi connectivity index (χ4n) is 0.749. The van der Waals surface area contributed by atoms with Crippen LogP contribution in [0.4, 0.5) is 0 Å². The average molecular weight is 164 g/mol. The van der Waals surface area contributed by atoms with E-state index in [9.17, 15) is 0 Å². The minimum absolute atomic E-state index is 0.238. The third-order valence-corrected chi connectivity index (χ3v) is 1.28. The summed E-state index contributed by atoms with van der Waals surface area (Å²) < 4.78 is 20.4. The molecular weight excluding hydrogens is 148 g/mol. The molecule has 0 aliphatic heterocycles. The predicted molar refractivity (Wildman–Crippen MR) is 50.9 cm³/mol. The van der Waals surface area contributed by atoms with Crippen LogP contribution in [0.25, 0.3) is 0 Å². The van der Waals surface area contributed by atoms with Gasteiger partial charge in [-0.3, -0.25) is 0 Å². The maximum Gasteiger partial charge on any atom is 0.0721 e. The van der Waals surface area contributed by atoms with Gasteiger partial charge in [0.2, 0.25) is 0 Å². The fraction of sp³-hybridized carbons (Fsp3) is 0.273. The van der Waals surface area contributed by atoms with E-state index in [0.29, 0.717) is 5.56 Å². The van der Waals surface area contributed by atoms with Crippen LogP contribution >= 0.6 is 0 Å². The Balaban J connectivity index is 2.70. The van der Waals surface area contributed by atoms with Gasteiger partial charge in [-0.2, -0.15) is 0 Å². The van der Waals surface area contributed by atoms with E-state index >= 15 is 0 Å². The Labute approximate surface area is 76.5 Å². The van der Waals surface area contributed by atoms with Gasteiger partial charge in [-0.25, -0.2) is 0 Å². The van der Waals surface area contributed by atoms with Crippen molar-refractivity contribution in [2.75, 3.05) is 6.61 Å². The van der Waals surface area contributed by atoms with Crippen LogP contribution in [0.15, 0.2) is 42.5 Å². The highest BCUT2D eigenvalue weighted by molar-refractivity contribution is 5.13. The maximum absolute atomic E-state index is 7.66. The molecule has 1 rings (SSSR count). The van der Waals surface area contributed by atoms with Gasteiger partial charge in [0.05, 0.1) is 15.9 Å². The second-order valence-electron chi connectivity index (χ2n) is 2.71. The first-order valence-electron chi connectivity index (χ1n) is 4.86. The van der Waals surface area contributed by atoms with E-state index in [2.05, 4.69) is 6.58 Å². The van der Waals surface area contributed by atoms with Crippen LogP contribution in [-0.4, -0.2) is 6.61 Å². The lowest BCUT2D eigenvalue weighted by Gasteiger charge is -2.02. The van der Waals surface area contributed by atoms with Crippen molar-refractivity contribution in [1.82, 2.24) is 0 Å². The quantitative estimate of drug-likeness (QED) is 0.622. The molecule has 0 amide bonds. The van der Waals surface area contributed by atoms with Crippen LogP contribution in [0.1, 0.15) is 15.2 Å². The lowest BCUT2D eigenvalue weighted by molar-refractivity contribution is 0.143. The fourth-order valence-corrected chi connectivity index (χ4v) is 0.749. The topological polar surface area (TPSA) is 9.23 Å². The second-order valence-corrected chi connectivity index (χ2v) is 2.71. The molecule has 1 aromatic rings. The number of hydrogen-bond donors (Lipinski definition) is 0. The van der Waals surface area contributed by atoms with E-state index < -0.39 is 6.56 Å². The molecule has 0 spiro atoms. The highest BCUT2D eigenvalue weighted by Crippen LogP contribution is 2.01. The zero-order chi connectivity index (χ0) is 10.6. The molecule has 0 saturated carbocycles. The lowest BCUT2D eigenvalue weighted by atomic mass is 10.2. The van der Waals surface area contributed by atoms with Crippen molar-refractivity contribution in [2.24, 2.45) is 0 Å². The molecular formula is C11H14O. The molecule has 0 N–H and O–H groups in total. The summed E-state index contributed by atoms with van der Waals surface area (Å²) >= 11 is 0. The second kappa shape index (κ2) is 4.73. The summed E-state index contributed by atoms with van der Waals surface area (Å²) in [4.78, 5) is 0. The number of hydrogen-bond acceptors (Lipinski definition) is 1. The molecule has 0 fully saturated rings. The van der Waals surface area contributed by atoms with Crippen molar-refractivity contribution in [3.8, 4) is 0 Å². The molecule has 1 aromatic carbocycles. The molecule has 1 nitrogen and oxygen atoms in total. The van der Waals surface area contributed by atoms with Crippen molar-refractivity contribution in [1.29, 1.82) is 0 Å². The highest BCUT2D eigenvalue weighted by Gasteiger charge is 1.90. The molecule has 64 valence electrons. The van der Waals surface area contributed by atoms with Crippen LogP contribution in [0.3, 0.4) is 0 Å². The van der Waals surface area contributed by atoms with Crippen LogP contribution in [-0.2, 0) is 11.3 Å². The van der Waals surface area contributed by atoms with E-state index in [1.54, 1.807) is 31.2 Å². The summed E-state index contributed by atoms with van der Waals surface area (Å²) in [6, 6.07) is 8.84. The largest absolute Gasteiger partial charge is 0.372 e. The molecule has 12 heavy (non-hydrogen) atoms. The molecule has 0 heterocycles. The zero-order valence-corrected chi connectivity index (χ0v) is 7.21. The molecule has 0 atom stereocenters. The standard InChI is InChI=1S/C11H14O/c1-10(2)8-12-9-11-6-4-3-5-7-11/h3-7H,1,8-9H2,2H3/i9D2. The molecule has 0 aliphatic carbocycles. The van der Waals surface area contributed by atoms with Gasteiger partial charge in [0.25, 0.3) is 0 Å². The third kappa shape index (κ3) is 3.35. The summed E-state index contributed by atoms with van der Waals surface area (Å²) in [6.07, 6.45) is 0. The molecule has 1 heteroatoms. The summed E-state index contributed by atoms with van der Waals surface area (Å²) in [6.45, 7) is 3.97. The zero-order valence-electron chi connectivity index (χ0n) is 9.21. The van der Waals surface area contributed by atoms with Gasteiger partial charge in [0.1, 0.15) is 0 Å². The maximum atomic E-state index is 7.66. The SMILES string of the molecule is [2H]C([2H])(OCC(=C)C)c1ccccc1. The van der Waals surface area contributed by atoms with Crippen molar-refractivity contribution in [2.45, 2.75) is 13.5 Å². The Hall–Kier alpha value is -1.08. The summed E-state index contributed by atoms with van der Waals surface area (Å²) in [5.74, 6) is 0. The molecule has 0 aliphatic rings. The van der Waals surface area contributed by atoms with Crippen LogP contribution in [0.5, 0.6) is 0 Å². The third-order valence-electron chi connectivity index (χ3n) is 1.28. The molecule has 0 aromatic heterocycles. The first-order chi connectivity index (χ1) is 6.52. The predicted octanol–water partition coefficient (Wildman–Crippen LogP) is 2.78. The first kappa shape index (κ1) is 6.44. The lowest BCUT2D eigenvalue weighted by Crippen LogP contribution is -1.95. The van der Waals surface area contributed by atoms with E-state index in [1.165, 1.54) is 0 Å². The molecule has 0 radical (unpaired) electrons. The van der Waals surface area contributed by atoms with Crippen LogP contribution in [0.2, 0.25) is 0 Å². The number of rotatable bonds is 4. The Morgan fingerprint density at radius 2 is 2.17 bits per heavy atom. The van der Waals surface area contributed by atoms with Gasteiger partial charge < -0.3 is 4.74 Å². The van der Waals surface area contributed by atoms with Gasteiger partial charge in [-0.15, -0.1) is 0 Å². The van der Waals surface area contributed by atoms with E-state index in [4.69, 9.17) is 7.48 Å². The van der Waals surface area contributed by atoms with Crippen molar-refractivity contribution >= 4 is 0 Å². The number of benzene rings is 1. The normalized spacial score (nSPS) is 13.4. The van der Waals surface area contributed by atoms with E-state index in [0.717, 1.165) is 5.57 Å². The van der Waals surface area contributed by atoms with Crippen LogP contribution in [0, 0.1) is 0 Å². The summed E-state index contributed by atoms with van der Waals surface area (Å²) in [5.41, 5.74) is 1.34. The summed E-state index contributed by atoms with van der Waals surface area (Å²) in [7, 11) is 0. The monoisotopic (exact) mass is 164 g/mol. The van der Waals surface area contributed by atoms with Crippen molar-refractivity contribution in [3.63, 3.8) is 0 Å². The summed E-state index contributed by atoms with van der Waals surface area (Å²) in [5, 5.41) is 0. The van der Waals surface area contributed by atoms with Crippen molar-refractivity contribution < 1.29 is 7.48 Å². The van der Waals surface area contributed by atoms with Gasteiger partial charge in [-0.1, -0.05) is 42.5 Å². The van der Waals surface area contributed by atoms with E-state index in [1.807, 2.05) is 6.07 Å². The number of ether oxygens (including phenoxy) is 1. The minimum atomic E-state index is -1.74. The van der Waals surface area contributed by atoms with Crippen LogP contribution < -0.4 is 0 Å². The van der Waals surface area contributed by atoms with Gasteiger partial charge >= 0.3 is 0 Å². The smallest absolute Gasteiger partial charge is 0.0721 e. The highest BCUT2D eigenvalue weighted by atomic mass is 16.5. The Morgan fingerprint density at radius 3 is 2.75 bits per heavy atom. The van der Waals surface area contributed by atoms with Gasteiger partial charge in [-0.05, 0) is 12.5 Å². The minimum Gasteiger partial charge on any atom is -0.372 e. The Bertz CT molecular complexity index is 306. The molecule has 0 unspecified atom stereocenters. The molecule has 0 bridgehead atoms. The Kier molecular flexibility index (Phi) is 2.54. The van der Waals surface area contributed by atoms with E-state index in [-0.39, 0.29) is 6.61 Å². The van der Waals surface area contributed by atoms with Gasteiger partial charge in [0.15, 0.2) is 0 Å². The van der Waals surface area contributed by atoms with Gasteiger partial charge in [0, 0.05) is 0 Å². The Morgan fingerprint density at radius 1 is 1.50 bits per heavy atom. The first-order valence-corrected chi connectivity index (χ1v) is 3.86.